The molecule has 2 aromatic carbocycles. The molecule has 1 unspecified atom stereocenters. The monoisotopic (exact) mass is 334 g/mol. The molecule has 0 bridgehead atoms. The highest BCUT2D eigenvalue weighted by Crippen LogP contribution is 2.39. The van der Waals surface area contributed by atoms with Crippen molar-refractivity contribution in [2.75, 3.05) is 0 Å². The van der Waals surface area contributed by atoms with Gasteiger partial charge in [0, 0.05) is 0 Å². The number of hydrogen-bond donors (Lipinski definition) is 0. The molecule has 0 saturated heterocycles. The Morgan fingerprint density at radius 3 is 1.82 bits per heavy atom. The molecular formula is C18H16Cl2O2. The molecule has 0 fully saturated rings. The van der Waals surface area contributed by atoms with Gasteiger partial charge in [0.15, 0.2) is 0 Å². The van der Waals surface area contributed by atoms with Gasteiger partial charge < -0.3 is 0 Å². The van der Waals surface area contributed by atoms with E-state index in [1.165, 1.54) is 0 Å². The van der Waals surface area contributed by atoms with Crippen LogP contribution in [-0.4, -0.2) is 10.5 Å². The van der Waals surface area contributed by atoms with Gasteiger partial charge in [0.1, 0.15) is 5.41 Å². The Kier molecular flexibility index (Phi) is 5.38. The largest absolute Gasteiger partial charge is 0.280 e. The molecule has 114 valence electrons. The van der Waals surface area contributed by atoms with Crippen LogP contribution >= 0.6 is 23.2 Å². The van der Waals surface area contributed by atoms with Crippen molar-refractivity contribution in [3.8, 4) is 0 Å². The third kappa shape index (κ3) is 3.23. The van der Waals surface area contributed by atoms with Crippen molar-refractivity contribution in [1.82, 2.24) is 0 Å². The van der Waals surface area contributed by atoms with E-state index in [2.05, 4.69) is 0 Å². The minimum Gasteiger partial charge on any atom is -0.280 e. The van der Waals surface area contributed by atoms with Gasteiger partial charge in [0.05, 0.1) is 0 Å². The van der Waals surface area contributed by atoms with Crippen molar-refractivity contribution >= 4 is 33.7 Å². The fourth-order valence-electron chi connectivity index (χ4n) is 2.66. The minimum atomic E-state index is -1.53. The van der Waals surface area contributed by atoms with Crippen LogP contribution < -0.4 is 0 Å². The van der Waals surface area contributed by atoms with Crippen LogP contribution in [0.4, 0.5) is 0 Å². The van der Waals surface area contributed by atoms with Crippen LogP contribution in [-0.2, 0) is 15.0 Å². The SMILES string of the molecule is CC(CC(C(=O)Cl)(C(=O)Cl)c1ccccc1)c1ccccc1. The fourth-order valence-corrected chi connectivity index (χ4v) is 3.26. The normalized spacial score (nSPS) is 12.7. The first-order valence-corrected chi connectivity index (χ1v) is 7.74. The molecule has 2 aromatic rings. The summed E-state index contributed by atoms with van der Waals surface area (Å²) < 4.78 is 0. The standard InChI is InChI=1S/C18H16Cl2O2/c1-13(14-8-4-2-5-9-14)12-18(16(19)21,17(20)22)15-10-6-3-7-11-15/h2-11,13H,12H2,1H3. The Hall–Kier alpha value is -1.64. The summed E-state index contributed by atoms with van der Waals surface area (Å²) in [5.74, 6) is -0.0493. The average molecular weight is 335 g/mol. The second-order valence-corrected chi connectivity index (χ2v) is 6.02. The van der Waals surface area contributed by atoms with Gasteiger partial charge in [-0.1, -0.05) is 67.6 Å². The van der Waals surface area contributed by atoms with Crippen molar-refractivity contribution < 1.29 is 9.59 Å². The molecule has 4 heteroatoms. The second-order valence-electron chi connectivity index (χ2n) is 5.33. The highest BCUT2D eigenvalue weighted by atomic mass is 35.5. The molecule has 0 aliphatic carbocycles. The maximum atomic E-state index is 12.1. The molecule has 0 heterocycles. The molecule has 0 aliphatic heterocycles. The van der Waals surface area contributed by atoms with Crippen molar-refractivity contribution in [3.05, 3.63) is 71.8 Å². The van der Waals surface area contributed by atoms with Crippen LogP contribution in [0.2, 0.25) is 0 Å². The predicted molar refractivity (Wildman–Crippen MR) is 89.3 cm³/mol. The molecule has 0 saturated carbocycles. The first-order valence-electron chi connectivity index (χ1n) is 6.99. The summed E-state index contributed by atoms with van der Waals surface area (Å²) in [5, 5.41) is -1.50. The molecule has 1 atom stereocenters. The fraction of sp³-hybridized carbons (Fsp3) is 0.222. The summed E-state index contributed by atoms with van der Waals surface area (Å²) in [7, 11) is 0. The number of carbonyl (C=O) groups excluding carboxylic acids is 2. The zero-order valence-electron chi connectivity index (χ0n) is 12.1. The van der Waals surface area contributed by atoms with Crippen molar-refractivity contribution in [3.63, 3.8) is 0 Å². The van der Waals surface area contributed by atoms with E-state index in [-0.39, 0.29) is 12.3 Å². The van der Waals surface area contributed by atoms with Gasteiger partial charge in [0.2, 0.25) is 10.5 Å². The number of rotatable bonds is 6. The highest BCUT2D eigenvalue weighted by molar-refractivity contribution is 6.76. The lowest BCUT2D eigenvalue weighted by Gasteiger charge is -2.29. The van der Waals surface area contributed by atoms with Crippen LogP contribution in [0.15, 0.2) is 60.7 Å². The molecule has 0 amide bonds. The lowest BCUT2D eigenvalue weighted by atomic mass is 9.74. The van der Waals surface area contributed by atoms with Gasteiger partial charge in [-0.05, 0) is 46.7 Å². The first kappa shape index (κ1) is 16.7. The number of benzene rings is 2. The maximum Gasteiger partial charge on any atom is 0.241 e. The summed E-state index contributed by atoms with van der Waals surface area (Å²) in [6.45, 7) is 1.95. The number of halogens is 2. The summed E-state index contributed by atoms with van der Waals surface area (Å²) in [6, 6.07) is 18.4. The van der Waals surface area contributed by atoms with E-state index in [0.29, 0.717) is 5.56 Å². The Morgan fingerprint density at radius 1 is 0.909 bits per heavy atom. The molecule has 0 aromatic heterocycles. The van der Waals surface area contributed by atoms with Gasteiger partial charge in [-0.2, -0.15) is 0 Å². The molecule has 22 heavy (non-hydrogen) atoms. The second kappa shape index (κ2) is 7.08. The van der Waals surface area contributed by atoms with Crippen LogP contribution in [0.3, 0.4) is 0 Å². The van der Waals surface area contributed by atoms with Crippen molar-refractivity contribution in [1.29, 1.82) is 0 Å². The summed E-state index contributed by atoms with van der Waals surface area (Å²) in [5.41, 5.74) is 0.0241. The molecule has 0 radical (unpaired) electrons. The number of hydrogen-bond acceptors (Lipinski definition) is 2. The Labute approximate surface area is 140 Å². The predicted octanol–water partition coefficient (Wildman–Crippen LogP) is 4.65. The van der Waals surface area contributed by atoms with E-state index >= 15 is 0 Å². The van der Waals surface area contributed by atoms with Crippen molar-refractivity contribution in [2.24, 2.45) is 0 Å². The minimum absolute atomic E-state index is 0.0493. The molecule has 0 spiro atoms. The summed E-state index contributed by atoms with van der Waals surface area (Å²) in [4.78, 5) is 24.3. The maximum absolute atomic E-state index is 12.1. The third-order valence-corrected chi connectivity index (χ3v) is 4.56. The zero-order chi connectivity index (χ0) is 16.2. The van der Waals surface area contributed by atoms with E-state index in [4.69, 9.17) is 23.2 Å². The Balaban J connectivity index is 2.46. The van der Waals surface area contributed by atoms with Gasteiger partial charge in [-0.15, -0.1) is 0 Å². The van der Waals surface area contributed by atoms with Gasteiger partial charge in [0.25, 0.3) is 0 Å². The summed E-state index contributed by atoms with van der Waals surface area (Å²) >= 11 is 11.6. The van der Waals surface area contributed by atoms with E-state index in [1.807, 2.05) is 43.3 Å². The van der Waals surface area contributed by atoms with Crippen LogP contribution in [0, 0.1) is 0 Å². The van der Waals surface area contributed by atoms with Gasteiger partial charge in [-0.25, -0.2) is 0 Å². The topological polar surface area (TPSA) is 34.1 Å². The van der Waals surface area contributed by atoms with Gasteiger partial charge in [-0.3, -0.25) is 9.59 Å². The quantitative estimate of drug-likeness (QED) is 0.569. The lowest BCUT2D eigenvalue weighted by Crippen LogP contribution is -2.40. The zero-order valence-corrected chi connectivity index (χ0v) is 13.6. The van der Waals surface area contributed by atoms with Crippen molar-refractivity contribution in [2.45, 2.75) is 24.7 Å². The number of carbonyl (C=O) groups is 2. The lowest BCUT2D eigenvalue weighted by molar-refractivity contribution is -0.126. The third-order valence-electron chi connectivity index (χ3n) is 3.92. The Morgan fingerprint density at radius 2 is 1.36 bits per heavy atom. The van der Waals surface area contributed by atoms with E-state index in [9.17, 15) is 9.59 Å². The molecule has 2 rings (SSSR count). The van der Waals surface area contributed by atoms with Crippen LogP contribution in [0.1, 0.15) is 30.4 Å². The van der Waals surface area contributed by atoms with Gasteiger partial charge >= 0.3 is 0 Å². The van der Waals surface area contributed by atoms with E-state index < -0.39 is 15.9 Å². The average Bonchev–Trinajstić information content (AvgIpc) is 2.53. The smallest absolute Gasteiger partial charge is 0.241 e. The van der Waals surface area contributed by atoms with E-state index in [1.54, 1.807) is 24.3 Å². The summed E-state index contributed by atoms with van der Waals surface area (Å²) in [6.07, 6.45) is 0.228. The van der Waals surface area contributed by atoms with Crippen LogP contribution in [0.25, 0.3) is 0 Å². The van der Waals surface area contributed by atoms with Crippen LogP contribution in [0.5, 0.6) is 0 Å². The first-order chi connectivity index (χ1) is 10.5. The molecule has 0 N–H and O–H groups in total. The molecule has 2 nitrogen and oxygen atoms in total. The van der Waals surface area contributed by atoms with E-state index in [0.717, 1.165) is 5.56 Å². The Bertz CT molecular complexity index is 639. The molecule has 0 aliphatic rings. The molecular weight excluding hydrogens is 319 g/mol. The highest BCUT2D eigenvalue weighted by Gasteiger charge is 2.46.